The molecule has 7 heteroatoms. The van der Waals surface area contributed by atoms with Crippen molar-refractivity contribution in [3.8, 4) is 11.1 Å². The maximum Gasteiger partial charge on any atom is 0.141 e. The third-order valence-corrected chi connectivity index (χ3v) is 4.82. The van der Waals surface area contributed by atoms with E-state index >= 15 is 0 Å². The minimum absolute atomic E-state index is 0.375. The van der Waals surface area contributed by atoms with E-state index in [4.69, 9.17) is 5.73 Å². The van der Waals surface area contributed by atoms with E-state index in [1.54, 1.807) is 13.2 Å². The van der Waals surface area contributed by atoms with Gasteiger partial charge in [0.25, 0.3) is 0 Å². The molecule has 3 aromatic rings. The number of rotatable bonds is 7. The third kappa shape index (κ3) is 5.88. The Bertz CT molecular complexity index is 1090. The minimum atomic E-state index is -0.375. The molecule has 3 rings (SSSR count). The van der Waals surface area contributed by atoms with E-state index in [2.05, 4.69) is 25.6 Å². The van der Waals surface area contributed by atoms with Crippen LogP contribution in [0.3, 0.4) is 0 Å². The molecule has 0 unspecified atom stereocenters. The Balaban J connectivity index is 1.68. The summed E-state index contributed by atoms with van der Waals surface area (Å²) >= 11 is 0. The SMILES string of the molecule is C/C=C\C(=NC)NCc1cc(F)cnc1NCc1ccc(-c2cnc(N)c(C)c2)cc1. The highest BCUT2D eigenvalue weighted by Crippen LogP contribution is 2.22. The van der Waals surface area contributed by atoms with Crippen LogP contribution in [0, 0.1) is 12.7 Å². The number of nitrogens with two attached hydrogens (primary N) is 1. The first-order valence-electron chi connectivity index (χ1n) is 10.0. The Morgan fingerprint density at radius 3 is 2.55 bits per heavy atom. The van der Waals surface area contributed by atoms with Gasteiger partial charge in [0.2, 0.25) is 0 Å². The van der Waals surface area contributed by atoms with Crippen molar-refractivity contribution in [2.45, 2.75) is 26.9 Å². The van der Waals surface area contributed by atoms with Gasteiger partial charge in [-0.15, -0.1) is 0 Å². The molecule has 6 nitrogen and oxygen atoms in total. The van der Waals surface area contributed by atoms with Gasteiger partial charge in [0.05, 0.1) is 6.20 Å². The fourth-order valence-corrected chi connectivity index (χ4v) is 3.08. The average Bonchev–Trinajstić information content (AvgIpc) is 2.78. The van der Waals surface area contributed by atoms with Crippen molar-refractivity contribution in [2.75, 3.05) is 18.1 Å². The number of halogens is 1. The monoisotopic (exact) mass is 418 g/mol. The van der Waals surface area contributed by atoms with Crippen LogP contribution in [0.5, 0.6) is 0 Å². The molecule has 0 fully saturated rings. The number of amidine groups is 1. The van der Waals surface area contributed by atoms with E-state index in [1.165, 1.54) is 12.3 Å². The molecule has 4 N–H and O–H groups in total. The molecular formula is C24H27FN6. The second kappa shape index (κ2) is 10.3. The zero-order valence-electron chi connectivity index (χ0n) is 18.0. The van der Waals surface area contributed by atoms with Crippen molar-refractivity contribution in [2.24, 2.45) is 4.99 Å². The smallest absolute Gasteiger partial charge is 0.141 e. The number of nitrogens with one attached hydrogen (secondary N) is 2. The summed E-state index contributed by atoms with van der Waals surface area (Å²) in [7, 11) is 1.71. The predicted octanol–water partition coefficient (Wildman–Crippen LogP) is 4.48. The van der Waals surface area contributed by atoms with E-state index < -0.39 is 0 Å². The molecule has 2 heterocycles. The first kappa shape index (κ1) is 22.0. The highest BCUT2D eigenvalue weighted by molar-refractivity contribution is 5.92. The molecule has 0 aliphatic rings. The third-order valence-electron chi connectivity index (χ3n) is 4.82. The molecule has 0 aliphatic heterocycles. The number of pyridine rings is 2. The lowest BCUT2D eigenvalue weighted by molar-refractivity contribution is 0.618. The summed E-state index contributed by atoms with van der Waals surface area (Å²) in [5.74, 6) is 1.53. The van der Waals surface area contributed by atoms with Gasteiger partial charge in [-0.3, -0.25) is 4.99 Å². The number of anilines is 2. The van der Waals surface area contributed by atoms with Crippen LogP contribution in [0.2, 0.25) is 0 Å². The van der Waals surface area contributed by atoms with Crippen LogP contribution in [0.4, 0.5) is 16.0 Å². The van der Waals surface area contributed by atoms with Gasteiger partial charge in [-0.05, 0) is 48.7 Å². The van der Waals surface area contributed by atoms with E-state index in [1.807, 2.05) is 56.3 Å². The topological polar surface area (TPSA) is 88.2 Å². The van der Waals surface area contributed by atoms with Crippen LogP contribution in [0.15, 0.2) is 65.9 Å². The van der Waals surface area contributed by atoms with Crippen LogP contribution in [0.1, 0.15) is 23.6 Å². The maximum absolute atomic E-state index is 13.7. The summed E-state index contributed by atoms with van der Waals surface area (Å²) in [5.41, 5.74) is 10.7. The Kier molecular flexibility index (Phi) is 7.32. The van der Waals surface area contributed by atoms with E-state index in [9.17, 15) is 4.39 Å². The summed E-state index contributed by atoms with van der Waals surface area (Å²) in [6, 6.07) is 11.7. The van der Waals surface area contributed by atoms with Gasteiger partial charge in [-0.2, -0.15) is 0 Å². The van der Waals surface area contributed by atoms with Gasteiger partial charge >= 0.3 is 0 Å². The van der Waals surface area contributed by atoms with Gasteiger partial charge in [-0.1, -0.05) is 30.3 Å². The first-order chi connectivity index (χ1) is 15.0. The summed E-state index contributed by atoms with van der Waals surface area (Å²) in [6.45, 7) is 4.83. The normalized spacial score (nSPS) is 11.7. The van der Waals surface area contributed by atoms with Crippen molar-refractivity contribution >= 4 is 17.5 Å². The standard InChI is InChI=1S/C24H27FN6/c1-4-5-22(27-3)28-14-20-11-21(25)15-31-24(20)30-12-17-6-8-18(9-7-17)19-10-16(2)23(26)29-13-19/h4-11,13,15H,12,14H2,1-3H3,(H2,26,29)(H,27,28)(H,30,31)/b5-4-. The lowest BCUT2D eigenvalue weighted by atomic mass is 10.0. The fourth-order valence-electron chi connectivity index (χ4n) is 3.08. The number of hydrogen-bond donors (Lipinski definition) is 3. The molecule has 0 atom stereocenters. The molecule has 0 radical (unpaired) electrons. The van der Waals surface area contributed by atoms with Crippen LogP contribution in [-0.4, -0.2) is 22.9 Å². The number of aliphatic imine (C=N–C) groups is 1. The summed E-state index contributed by atoms with van der Waals surface area (Å²) in [4.78, 5) is 12.6. The van der Waals surface area contributed by atoms with E-state index in [0.29, 0.717) is 24.7 Å². The number of allylic oxidation sites excluding steroid dienone is 1. The summed E-state index contributed by atoms with van der Waals surface area (Å²) in [5, 5.41) is 6.49. The fraction of sp³-hybridized carbons (Fsp3) is 0.208. The number of aryl methyl sites for hydroxylation is 1. The predicted molar refractivity (Wildman–Crippen MR) is 125 cm³/mol. The summed E-state index contributed by atoms with van der Waals surface area (Å²) < 4.78 is 13.7. The highest BCUT2D eigenvalue weighted by Gasteiger charge is 2.07. The molecule has 0 saturated carbocycles. The molecule has 2 aromatic heterocycles. The van der Waals surface area contributed by atoms with Crippen molar-refractivity contribution in [1.29, 1.82) is 0 Å². The molecule has 31 heavy (non-hydrogen) atoms. The lowest BCUT2D eigenvalue weighted by Crippen LogP contribution is -2.22. The van der Waals surface area contributed by atoms with Gasteiger partial charge in [0.1, 0.15) is 23.3 Å². The molecule has 1 aromatic carbocycles. The molecule has 0 amide bonds. The van der Waals surface area contributed by atoms with Crippen molar-refractivity contribution < 1.29 is 4.39 Å². The Hall–Kier alpha value is -3.74. The number of nitrogen functional groups attached to an aromatic ring is 1. The van der Waals surface area contributed by atoms with Crippen LogP contribution >= 0.6 is 0 Å². The molecule has 0 saturated heterocycles. The Morgan fingerprint density at radius 2 is 1.87 bits per heavy atom. The lowest BCUT2D eigenvalue weighted by Gasteiger charge is -2.13. The zero-order valence-corrected chi connectivity index (χ0v) is 18.0. The average molecular weight is 419 g/mol. The minimum Gasteiger partial charge on any atom is -0.383 e. The number of aromatic nitrogens is 2. The molecule has 160 valence electrons. The molecule has 0 aliphatic carbocycles. The van der Waals surface area contributed by atoms with E-state index in [-0.39, 0.29) is 5.82 Å². The largest absolute Gasteiger partial charge is 0.383 e. The van der Waals surface area contributed by atoms with Crippen molar-refractivity contribution in [1.82, 2.24) is 15.3 Å². The Labute approximate surface area is 182 Å². The van der Waals surface area contributed by atoms with Gasteiger partial charge in [0.15, 0.2) is 0 Å². The molecule has 0 spiro atoms. The maximum atomic E-state index is 13.7. The zero-order chi connectivity index (χ0) is 22.2. The highest BCUT2D eigenvalue weighted by atomic mass is 19.1. The molecule has 0 bridgehead atoms. The quantitative estimate of drug-likeness (QED) is 0.389. The van der Waals surface area contributed by atoms with Crippen molar-refractivity contribution in [3.05, 3.63) is 83.5 Å². The molecular weight excluding hydrogens is 391 g/mol. The summed E-state index contributed by atoms with van der Waals surface area (Å²) in [6.07, 6.45) is 6.74. The second-order valence-corrected chi connectivity index (χ2v) is 7.10. The van der Waals surface area contributed by atoms with Gasteiger partial charge in [-0.25, -0.2) is 14.4 Å². The van der Waals surface area contributed by atoms with Crippen LogP contribution in [0.25, 0.3) is 11.1 Å². The number of benzene rings is 1. The number of nitrogens with zero attached hydrogens (tertiary/aromatic N) is 3. The number of hydrogen-bond acceptors (Lipinski definition) is 5. The van der Waals surface area contributed by atoms with Crippen LogP contribution < -0.4 is 16.4 Å². The Morgan fingerprint density at radius 1 is 1.10 bits per heavy atom. The van der Waals surface area contributed by atoms with Gasteiger partial charge < -0.3 is 16.4 Å². The van der Waals surface area contributed by atoms with E-state index in [0.717, 1.165) is 33.7 Å². The van der Waals surface area contributed by atoms with Gasteiger partial charge in [0, 0.05) is 37.5 Å². The first-order valence-corrected chi connectivity index (χ1v) is 10.0. The van der Waals surface area contributed by atoms with Crippen LogP contribution in [-0.2, 0) is 13.1 Å². The second-order valence-electron chi connectivity index (χ2n) is 7.10. The van der Waals surface area contributed by atoms with Crippen molar-refractivity contribution in [3.63, 3.8) is 0 Å².